The van der Waals surface area contributed by atoms with E-state index in [-0.39, 0.29) is 19.4 Å². The number of unbranched alkanes of at least 4 members (excludes halogenated alkanes) is 15. The van der Waals surface area contributed by atoms with Gasteiger partial charge in [-0.3, -0.25) is 14.1 Å². The van der Waals surface area contributed by atoms with E-state index in [1.165, 1.54) is 77.0 Å². The number of aliphatic hydroxyl groups is 3. The van der Waals surface area contributed by atoms with Gasteiger partial charge in [0.1, 0.15) is 36.8 Å². The van der Waals surface area contributed by atoms with Gasteiger partial charge in [0, 0.05) is 12.8 Å². The van der Waals surface area contributed by atoms with Crippen molar-refractivity contribution in [1.29, 1.82) is 0 Å². The molecule has 0 spiro atoms. The first kappa shape index (κ1) is 47.2. The molecule has 0 aromatic heterocycles. The molecule has 298 valence electrons. The van der Waals surface area contributed by atoms with Gasteiger partial charge in [-0.1, -0.05) is 128 Å². The molecule has 1 fully saturated rings. The molecule has 51 heavy (non-hydrogen) atoms. The van der Waals surface area contributed by atoms with Gasteiger partial charge in [0.15, 0.2) is 12.4 Å². The fourth-order valence-corrected chi connectivity index (χ4v) is 6.42. The number of carbonyl (C=O) groups is 2. The number of allylic oxidation sites excluding steroid dienone is 4. The minimum atomic E-state index is -4.60. The first-order valence-corrected chi connectivity index (χ1v) is 21.0. The van der Waals surface area contributed by atoms with Crippen LogP contribution in [0.3, 0.4) is 0 Å². The van der Waals surface area contributed by atoms with Crippen LogP contribution in [0, 0.1) is 0 Å². The van der Waals surface area contributed by atoms with Crippen LogP contribution in [0.25, 0.3) is 0 Å². The maximum atomic E-state index is 12.7. The highest BCUT2D eigenvalue weighted by molar-refractivity contribution is 7.85. The van der Waals surface area contributed by atoms with Crippen LogP contribution in [0.5, 0.6) is 0 Å². The average Bonchev–Trinajstić information content (AvgIpc) is 3.09. The molecule has 3 unspecified atom stereocenters. The summed E-state index contributed by atoms with van der Waals surface area (Å²) in [7, 11) is -4.60. The summed E-state index contributed by atoms with van der Waals surface area (Å²) in [4.78, 5) is 25.1. The molecule has 0 aliphatic carbocycles. The van der Waals surface area contributed by atoms with Crippen LogP contribution in [0.4, 0.5) is 0 Å². The molecule has 1 heterocycles. The van der Waals surface area contributed by atoms with E-state index in [0.29, 0.717) is 12.8 Å². The van der Waals surface area contributed by atoms with Crippen molar-refractivity contribution in [1.82, 2.24) is 0 Å². The molecule has 0 radical (unpaired) electrons. The Morgan fingerprint density at radius 1 is 0.667 bits per heavy atom. The van der Waals surface area contributed by atoms with Crippen molar-refractivity contribution in [2.75, 3.05) is 19.0 Å². The Labute approximate surface area is 307 Å². The molecule has 0 bridgehead atoms. The molecule has 6 atom stereocenters. The number of hydrogen-bond donors (Lipinski definition) is 4. The summed E-state index contributed by atoms with van der Waals surface area (Å²) in [6, 6.07) is 0. The van der Waals surface area contributed by atoms with Crippen molar-refractivity contribution in [3.8, 4) is 0 Å². The van der Waals surface area contributed by atoms with Crippen LogP contribution in [-0.4, -0.2) is 96.0 Å². The lowest BCUT2D eigenvalue weighted by atomic mass is 10.00. The Kier molecular flexibility index (Phi) is 27.3. The van der Waals surface area contributed by atoms with Gasteiger partial charge in [0.25, 0.3) is 10.1 Å². The van der Waals surface area contributed by atoms with Crippen molar-refractivity contribution in [3.63, 3.8) is 0 Å². The average molecular weight is 749 g/mol. The summed E-state index contributed by atoms with van der Waals surface area (Å²) in [5.41, 5.74) is 0. The summed E-state index contributed by atoms with van der Waals surface area (Å²) in [5, 5.41) is 30.7. The van der Waals surface area contributed by atoms with E-state index < -0.39 is 71.2 Å². The molecule has 1 rings (SSSR count). The lowest BCUT2D eigenvalue weighted by Crippen LogP contribution is -2.60. The Hall–Kier alpha value is -1.87. The fraction of sp³-hybridized carbons (Fsp3) is 0.842. The smallest absolute Gasteiger partial charge is 0.306 e. The Balaban J connectivity index is 2.58. The summed E-state index contributed by atoms with van der Waals surface area (Å²) in [6.45, 7) is 3.65. The maximum absolute atomic E-state index is 12.7. The zero-order valence-corrected chi connectivity index (χ0v) is 32.0. The molecule has 0 saturated carbocycles. The Morgan fingerprint density at radius 3 is 1.80 bits per heavy atom. The predicted molar refractivity (Wildman–Crippen MR) is 196 cm³/mol. The topological polar surface area (TPSA) is 186 Å². The second kappa shape index (κ2) is 29.6. The third kappa shape index (κ3) is 24.9. The van der Waals surface area contributed by atoms with Crippen LogP contribution in [0.1, 0.15) is 149 Å². The van der Waals surface area contributed by atoms with E-state index >= 15 is 0 Å². The van der Waals surface area contributed by atoms with Gasteiger partial charge in [-0.25, -0.2) is 0 Å². The Bertz CT molecular complexity index is 1060. The van der Waals surface area contributed by atoms with Crippen LogP contribution >= 0.6 is 0 Å². The largest absolute Gasteiger partial charge is 0.462 e. The van der Waals surface area contributed by atoms with Crippen LogP contribution in [0.2, 0.25) is 0 Å². The minimum Gasteiger partial charge on any atom is -0.462 e. The van der Waals surface area contributed by atoms with Crippen LogP contribution in [-0.2, 0) is 38.7 Å². The van der Waals surface area contributed by atoms with Crippen molar-refractivity contribution in [2.45, 2.75) is 185 Å². The normalized spacial score (nSPS) is 21.7. The highest BCUT2D eigenvalue weighted by Gasteiger charge is 2.46. The monoisotopic (exact) mass is 748 g/mol. The summed E-state index contributed by atoms with van der Waals surface area (Å²) in [6.07, 6.45) is 19.8. The molecule has 0 aromatic carbocycles. The zero-order valence-electron chi connectivity index (χ0n) is 31.2. The first-order valence-electron chi connectivity index (χ1n) is 19.4. The molecule has 1 saturated heterocycles. The third-order valence-electron chi connectivity index (χ3n) is 8.80. The van der Waals surface area contributed by atoms with Gasteiger partial charge in [0.2, 0.25) is 0 Å². The molecular formula is C38H68O12S. The standard InChI is InChI=1S/C38H68O12S/c1-3-5-7-9-11-13-15-16-17-19-21-23-25-27-34(40)49-31(28-47-33(39)26-24-22-20-18-14-12-10-8-6-4-2)29-48-38-37(43)36(42)35(41)32(50-38)30-51(44,45)46/h16-17,21,23,31-32,35-38,41-43H,3-15,18-20,22,24-30H2,1-2H3,(H,44,45,46)/b17-16+,23-21+/t31?,32-,35-,36?,37?,38+/m1/s1. The van der Waals surface area contributed by atoms with Crippen molar-refractivity contribution < 1.29 is 56.8 Å². The summed E-state index contributed by atoms with van der Waals surface area (Å²) >= 11 is 0. The molecule has 1 aliphatic rings. The van der Waals surface area contributed by atoms with Gasteiger partial charge in [0.05, 0.1) is 6.61 Å². The van der Waals surface area contributed by atoms with E-state index in [0.717, 1.165) is 32.1 Å². The van der Waals surface area contributed by atoms with Crippen molar-refractivity contribution in [2.24, 2.45) is 0 Å². The minimum absolute atomic E-state index is 0.0604. The SMILES string of the molecule is CCCCCCCC/C=C/C/C=C/CCC(=O)OC(COC(=O)CCCCCCCCCCCC)CO[C@H]1O[C@H](CS(=O)(=O)O)[C@@H](O)C(O)C1O. The zero-order chi connectivity index (χ0) is 37.7. The summed E-state index contributed by atoms with van der Waals surface area (Å²) < 4.78 is 53.7. The van der Waals surface area contributed by atoms with E-state index in [4.69, 9.17) is 18.9 Å². The second-order valence-electron chi connectivity index (χ2n) is 13.6. The third-order valence-corrected chi connectivity index (χ3v) is 9.55. The van der Waals surface area contributed by atoms with Crippen molar-refractivity contribution >= 4 is 22.1 Å². The van der Waals surface area contributed by atoms with Gasteiger partial charge >= 0.3 is 11.9 Å². The molecule has 0 aromatic rings. The van der Waals surface area contributed by atoms with Gasteiger partial charge in [-0.05, 0) is 32.1 Å². The predicted octanol–water partition coefficient (Wildman–Crippen LogP) is 6.50. The number of ether oxygens (including phenoxy) is 4. The summed E-state index contributed by atoms with van der Waals surface area (Å²) in [5.74, 6) is -2.07. The highest BCUT2D eigenvalue weighted by Crippen LogP contribution is 2.24. The number of carbonyl (C=O) groups excluding carboxylic acids is 2. The van der Waals surface area contributed by atoms with E-state index in [1.54, 1.807) is 0 Å². The molecular weight excluding hydrogens is 680 g/mol. The van der Waals surface area contributed by atoms with Gasteiger partial charge in [-0.2, -0.15) is 8.42 Å². The van der Waals surface area contributed by atoms with Crippen LogP contribution in [0.15, 0.2) is 24.3 Å². The van der Waals surface area contributed by atoms with E-state index in [2.05, 4.69) is 26.0 Å². The van der Waals surface area contributed by atoms with E-state index in [1.807, 2.05) is 12.2 Å². The number of rotatable bonds is 31. The Morgan fingerprint density at radius 2 is 1.22 bits per heavy atom. The number of esters is 2. The molecule has 4 N–H and O–H groups in total. The maximum Gasteiger partial charge on any atom is 0.306 e. The molecule has 1 aliphatic heterocycles. The number of hydrogen-bond acceptors (Lipinski definition) is 11. The quantitative estimate of drug-likeness (QED) is 0.0262. The van der Waals surface area contributed by atoms with E-state index in [9.17, 15) is 37.9 Å². The van der Waals surface area contributed by atoms with Crippen LogP contribution < -0.4 is 0 Å². The lowest BCUT2D eigenvalue weighted by molar-refractivity contribution is -0.297. The second-order valence-corrected chi connectivity index (χ2v) is 15.1. The molecule has 0 amide bonds. The molecule has 12 nitrogen and oxygen atoms in total. The molecule has 13 heteroatoms. The number of aliphatic hydroxyl groups excluding tert-OH is 3. The highest BCUT2D eigenvalue weighted by atomic mass is 32.2. The lowest BCUT2D eigenvalue weighted by Gasteiger charge is -2.40. The first-order chi connectivity index (χ1) is 24.5. The fourth-order valence-electron chi connectivity index (χ4n) is 5.73. The van der Waals surface area contributed by atoms with Gasteiger partial charge in [-0.15, -0.1) is 0 Å². The van der Waals surface area contributed by atoms with Crippen molar-refractivity contribution in [3.05, 3.63) is 24.3 Å². The van der Waals surface area contributed by atoms with Gasteiger partial charge < -0.3 is 34.3 Å².